The van der Waals surface area contributed by atoms with E-state index in [0.717, 1.165) is 11.1 Å². The van der Waals surface area contributed by atoms with Crippen molar-refractivity contribution in [1.82, 2.24) is 5.32 Å². The van der Waals surface area contributed by atoms with E-state index in [4.69, 9.17) is 13.8 Å². The van der Waals surface area contributed by atoms with Gasteiger partial charge in [-0.3, -0.25) is 18.9 Å². The van der Waals surface area contributed by atoms with E-state index < -0.39 is 41.2 Å². The molecule has 0 spiro atoms. The summed E-state index contributed by atoms with van der Waals surface area (Å²) < 4.78 is 59.3. The number of carbonyl (C=O) groups is 2. The highest BCUT2D eigenvalue weighted by atomic mass is 32.2. The number of esters is 1. The van der Waals surface area contributed by atoms with Gasteiger partial charge < -0.3 is 19.1 Å². The number of para-hydroxylation sites is 1. The van der Waals surface area contributed by atoms with Crippen LogP contribution in [0.1, 0.15) is 42.3 Å². The van der Waals surface area contributed by atoms with Gasteiger partial charge in [-0.05, 0) is 68.3 Å². The lowest BCUT2D eigenvalue weighted by molar-refractivity contribution is -0.143. The molecule has 0 unspecified atom stereocenters. The smallest absolute Gasteiger partial charge is 0.350 e. The van der Waals surface area contributed by atoms with Crippen molar-refractivity contribution in [3.05, 3.63) is 126 Å². The first kappa shape index (κ1) is 33.6. The van der Waals surface area contributed by atoms with Crippen molar-refractivity contribution in [3.8, 4) is 5.75 Å². The first-order chi connectivity index (χ1) is 21.3. The number of sulfonamides is 1. The Kier molecular flexibility index (Phi) is 11.0. The number of ether oxygens (including phenoxy) is 1. The van der Waals surface area contributed by atoms with Crippen LogP contribution in [0.5, 0.6) is 5.75 Å². The van der Waals surface area contributed by atoms with Crippen molar-refractivity contribution in [2.75, 3.05) is 11.0 Å². The molecule has 236 valence electrons. The molecular formula is C33H35N2O8PS. The molecule has 0 radical (unpaired) electrons. The van der Waals surface area contributed by atoms with Gasteiger partial charge in [0.15, 0.2) is 0 Å². The SMILES string of the molecule is CC(C)(C)C(=O)Oc1ccc(S(=O)(=O)Nc2ccccc2C(=O)NCP(=O)(OCc2ccccc2)OCc2ccccc2)cc1. The molecular weight excluding hydrogens is 615 g/mol. The van der Waals surface area contributed by atoms with Gasteiger partial charge in [0.1, 0.15) is 12.0 Å². The van der Waals surface area contributed by atoms with Crippen LogP contribution in [-0.4, -0.2) is 26.6 Å². The van der Waals surface area contributed by atoms with Crippen LogP contribution in [0.25, 0.3) is 0 Å². The molecule has 0 saturated heterocycles. The summed E-state index contributed by atoms with van der Waals surface area (Å²) >= 11 is 0. The zero-order valence-corrected chi connectivity index (χ0v) is 26.8. The second-order valence-electron chi connectivity index (χ2n) is 11.1. The molecule has 1 amide bonds. The molecule has 0 fully saturated rings. The van der Waals surface area contributed by atoms with Gasteiger partial charge in [-0.15, -0.1) is 0 Å². The predicted molar refractivity (Wildman–Crippen MR) is 171 cm³/mol. The van der Waals surface area contributed by atoms with Crippen molar-refractivity contribution in [2.45, 2.75) is 38.9 Å². The Labute approximate surface area is 263 Å². The van der Waals surface area contributed by atoms with Crippen LogP contribution in [-0.2, 0) is 41.6 Å². The van der Waals surface area contributed by atoms with Crippen LogP contribution in [0.15, 0.2) is 114 Å². The molecule has 0 aliphatic heterocycles. The largest absolute Gasteiger partial charge is 0.426 e. The topological polar surface area (TPSA) is 137 Å². The van der Waals surface area contributed by atoms with Crippen LogP contribution in [0, 0.1) is 5.41 Å². The normalized spacial score (nSPS) is 11.9. The predicted octanol–water partition coefficient (Wildman–Crippen LogP) is 6.75. The van der Waals surface area contributed by atoms with Gasteiger partial charge in [0.2, 0.25) is 0 Å². The fourth-order valence-electron chi connectivity index (χ4n) is 3.81. The van der Waals surface area contributed by atoms with E-state index in [-0.39, 0.29) is 35.1 Å². The van der Waals surface area contributed by atoms with Gasteiger partial charge in [0.25, 0.3) is 15.9 Å². The Morgan fingerprint density at radius 1 is 0.733 bits per heavy atom. The van der Waals surface area contributed by atoms with Crippen LogP contribution >= 0.6 is 7.60 Å². The van der Waals surface area contributed by atoms with Gasteiger partial charge in [0.05, 0.1) is 34.8 Å². The first-order valence-electron chi connectivity index (χ1n) is 14.0. The van der Waals surface area contributed by atoms with Gasteiger partial charge in [-0.1, -0.05) is 72.8 Å². The summed E-state index contributed by atoms with van der Waals surface area (Å²) in [6.45, 7) is 5.11. The molecule has 10 nitrogen and oxygen atoms in total. The van der Waals surface area contributed by atoms with Gasteiger partial charge in [-0.25, -0.2) is 8.42 Å². The number of hydrogen-bond donors (Lipinski definition) is 2. The molecule has 12 heteroatoms. The summed E-state index contributed by atoms with van der Waals surface area (Å²) in [5.74, 6) is -0.955. The minimum atomic E-state index is -4.14. The van der Waals surface area contributed by atoms with Crippen molar-refractivity contribution in [1.29, 1.82) is 0 Å². The number of amides is 1. The highest BCUT2D eigenvalue weighted by molar-refractivity contribution is 7.92. The van der Waals surface area contributed by atoms with E-state index in [2.05, 4.69) is 10.0 Å². The number of rotatable bonds is 13. The summed E-state index contributed by atoms with van der Waals surface area (Å²) in [6.07, 6.45) is -0.457. The Balaban J connectivity index is 1.46. The van der Waals surface area contributed by atoms with E-state index in [9.17, 15) is 22.6 Å². The number of hydrogen-bond acceptors (Lipinski definition) is 8. The lowest BCUT2D eigenvalue weighted by Gasteiger charge is -2.20. The lowest BCUT2D eigenvalue weighted by Crippen LogP contribution is -2.27. The van der Waals surface area contributed by atoms with E-state index in [1.54, 1.807) is 32.9 Å². The zero-order valence-electron chi connectivity index (χ0n) is 25.1. The molecule has 45 heavy (non-hydrogen) atoms. The Morgan fingerprint density at radius 3 is 1.78 bits per heavy atom. The maximum absolute atomic E-state index is 13.7. The summed E-state index contributed by atoms with van der Waals surface area (Å²) in [6, 6.07) is 29.6. The molecule has 0 aliphatic rings. The molecule has 0 heterocycles. The van der Waals surface area contributed by atoms with Crippen LogP contribution in [0.4, 0.5) is 5.69 Å². The second kappa shape index (κ2) is 14.7. The molecule has 4 rings (SSSR count). The molecule has 0 aliphatic carbocycles. The quantitative estimate of drug-likeness (QED) is 0.0921. The molecule has 2 N–H and O–H groups in total. The van der Waals surface area contributed by atoms with E-state index >= 15 is 0 Å². The van der Waals surface area contributed by atoms with Gasteiger partial charge in [-0.2, -0.15) is 0 Å². The molecule has 0 aromatic heterocycles. The maximum Gasteiger partial charge on any atom is 0.350 e. The third-order valence-corrected chi connectivity index (χ3v) is 9.32. The third-order valence-electron chi connectivity index (χ3n) is 6.35. The van der Waals surface area contributed by atoms with Crippen LogP contribution in [0.3, 0.4) is 0 Å². The number of anilines is 1. The third kappa shape index (κ3) is 9.86. The Bertz CT molecular complexity index is 1710. The van der Waals surface area contributed by atoms with Crippen LogP contribution in [0.2, 0.25) is 0 Å². The average molecular weight is 651 g/mol. The minimum absolute atomic E-state index is 0.00322. The Hall–Kier alpha value is -4.28. The van der Waals surface area contributed by atoms with E-state index in [1.807, 2.05) is 60.7 Å². The zero-order chi connectivity index (χ0) is 32.5. The highest BCUT2D eigenvalue weighted by Crippen LogP contribution is 2.48. The first-order valence-corrected chi connectivity index (χ1v) is 17.2. The fraction of sp³-hybridized carbons (Fsp3) is 0.212. The molecule has 0 bridgehead atoms. The Morgan fingerprint density at radius 2 is 1.24 bits per heavy atom. The molecule has 4 aromatic rings. The lowest BCUT2D eigenvalue weighted by atomic mass is 9.97. The second-order valence-corrected chi connectivity index (χ2v) is 14.8. The number of carbonyl (C=O) groups excluding carboxylic acids is 2. The molecule has 0 atom stereocenters. The van der Waals surface area contributed by atoms with Gasteiger partial charge in [0, 0.05) is 0 Å². The van der Waals surface area contributed by atoms with Crippen molar-refractivity contribution < 1.29 is 36.4 Å². The summed E-state index contributed by atoms with van der Waals surface area (Å²) in [5, 5.41) is 2.58. The summed E-state index contributed by atoms with van der Waals surface area (Å²) in [7, 11) is -8.00. The van der Waals surface area contributed by atoms with Crippen molar-refractivity contribution >= 4 is 35.2 Å². The summed E-state index contributed by atoms with van der Waals surface area (Å²) in [5.41, 5.74) is 0.810. The van der Waals surface area contributed by atoms with Gasteiger partial charge >= 0.3 is 13.6 Å². The van der Waals surface area contributed by atoms with E-state index in [0.29, 0.717) is 0 Å². The number of nitrogens with one attached hydrogen (secondary N) is 2. The molecule has 4 aromatic carbocycles. The minimum Gasteiger partial charge on any atom is -0.426 e. The molecule has 0 saturated carbocycles. The fourth-order valence-corrected chi connectivity index (χ4v) is 6.17. The van der Waals surface area contributed by atoms with E-state index in [1.165, 1.54) is 36.4 Å². The number of benzene rings is 4. The van der Waals surface area contributed by atoms with Crippen molar-refractivity contribution in [2.24, 2.45) is 5.41 Å². The van der Waals surface area contributed by atoms with Crippen molar-refractivity contribution in [3.63, 3.8) is 0 Å². The summed E-state index contributed by atoms with van der Waals surface area (Å²) in [4.78, 5) is 25.3. The monoisotopic (exact) mass is 650 g/mol. The standard InChI is InChI=1S/C33H35N2O8PS/c1-33(2,3)32(37)43-27-18-20-28(21-19-27)45(39,40)35-30-17-11-10-16-29(30)31(36)34-24-44(38,41-22-25-12-6-4-7-13-25)42-23-26-14-8-5-9-15-26/h4-21,35H,22-24H2,1-3H3,(H,34,36). The highest BCUT2D eigenvalue weighted by Gasteiger charge is 2.28. The maximum atomic E-state index is 13.7. The van der Waals surface area contributed by atoms with Crippen LogP contribution < -0.4 is 14.8 Å². The average Bonchev–Trinajstić information content (AvgIpc) is 3.03.